The summed E-state index contributed by atoms with van der Waals surface area (Å²) in [6, 6.07) is 9.53. The first-order chi connectivity index (χ1) is 14.5. The van der Waals surface area contributed by atoms with Crippen LogP contribution in [-0.2, 0) is 0 Å². The minimum absolute atomic E-state index is 0.176. The summed E-state index contributed by atoms with van der Waals surface area (Å²) < 4.78 is 13.5. The van der Waals surface area contributed by atoms with Crippen LogP contribution in [0.2, 0.25) is 0 Å². The van der Waals surface area contributed by atoms with Gasteiger partial charge in [-0.15, -0.1) is 0 Å². The van der Waals surface area contributed by atoms with Crippen molar-refractivity contribution in [2.75, 3.05) is 5.32 Å². The maximum absolute atomic E-state index is 12.7. The van der Waals surface area contributed by atoms with E-state index >= 15 is 0 Å². The number of nitrogens with zero attached hydrogens (tertiary/aromatic N) is 3. The monoisotopic (exact) mass is 406 g/mol. The Balaban J connectivity index is 1.37. The Kier molecular flexibility index (Phi) is 4.16. The van der Waals surface area contributed by atoms with Crippen LogP contribution in [0.5, 0.6) is 11.5 Å². The van der Waals surface area contributed by atoms with Crippen molar-refractivity contribution in [2.24, 2.45) is 0 Å². The minimum atomic E-state index is -0.575. The van der Waals surface area contributed by atoms with Crippen molar-refractivity contribution in [3.8, 4) is 17.2 Å². The summed E-state index contributed by atoms with van der Waals surface area (Å²) in [5.41, 5.74) is 0.850. The van der Waals surface area contributed by atoms with Gasteiger partial charge in [-0.2, -0.15) is 0 Å². The van der Waals surface area contributed by atoms with E-state index in [2.05, 4.69) is 10.3 Å². The van der Waals surface area contributed by atoms with Gasteiger partial charge in [-0.05, 0) is 37.1 Å². The van der Waals surface area contributed by atoms with E-state index in [-0.39, 0.29) is 11.3 Å². The molecule has 9 nitrogen and oxygen atoms in total. The second-order valence-corrected chi connectivity index (χ2v) is 7.37. The topological polar surface area (TPSA) is 109 Å². The van der Waals surface area contributed by atoms with Gasteiger partial charge in [-0.1, -0.05) is 0 Å². The summed E-state index contributed by atoms with van der Waals surface area (Å²) in [6.45, 7) is 0. The van der Waals surface area contributed by atoms with Gasteiger partial charge < -0.3 is 19.4 Å². The van der Waals surface area contributed by atoms with E-state index in [4.69, 9.17) is 9.47 Å². The van der Waals surface area contributed by atoms with Gasteiger partial charge in [0.25, 0.3) is 17.4 Å². The summed E-state index contributed by atoms with van der Waals surface area (Å²) in [7, 11) is 0. The number of rotatable bonds is 4. The molecule has 0 saturated heterocycles. The lowest BCUT2D eigenvalue weighted by atomic mass is 10.1. The maximum atomic E-state index is 12.7. The fourth-order valence-corrected chi connectivity index (χ4v) is 3.92. The predicted octanol–water partition coefficient (Wildman–Crippen LogP) is 4.07. The Morgan fingerprint density at radius 2 is 1.93 bits per heavy atom. The molecule has 0 bridgehead atoms. The SMILES string of the molecule is O=C(Nc1ccc2c(c1)OC1(CCCC1)O2)c1ccc(-n2ccnc2)c([N+](=O)[O-])c1. The molecule has 30 heavy (non-hydrogen) atoms. The molecule has 0 atom stereocenters. The molecule has 0 radical (unpaired) electrons. The zero-order valence-electron chi connectivity index (χ0n) is 15.9. The number of fused-ring (bicyclic) bond motifs is 1. The molecule has 1 spiro atoms. The van der Waals surface area contributed by atoms with Gasteiger partial charge >= 0.3 is 0 Å². The number of nitro groups is 1. The maximum Gasteiger partial charge on any atom is 0.294 e. The van der Waals surface area contributed by atoms with E-state index in [1.807, 2.05) is 0 Å². The highest BCUT2D eigenvalue weighted by atomic mass is 16.7. The second kappa shape index (κ2) is 6.87. The number of carbonyl (C=O) groups is 1. The molecule has 1 aliphatic carbocycles. The number of amides is 1. The molecule has 9 heteroatoms. The molecular formula is C21H18N4O5. The van der Waals surface area contributed by atoms with E-state index < -0.39 is 16.6 Å². The minimum Gasteiger partial charge on any atom is -0.448 e. The van der Waals surface area contributed by atoms with Gasteiger partial charge in [0, 0.05) is 48.6 Å². The quantitative estimate of drug-likeness (QED) is 0.517. The van der Waals surface area contributed by atoms with Crippen molar-refractivity contribution < 1.29 is 19.2 Å². The lowest BCUT2D eigenvalue weighted by molar-refractivity contribution is -0.384. The van der Waals surface area contributed by atoms with Crippen LogP contribution in [0.25, 0.3) is 5.69 Å². The van der Waals surface area contributed by atoms with E-state index in [0.29, 0.717) is 22.9 Å². The van der Waals surface area contributed by atoms with Crippen LogP contribution in [0.3, 0.4) is 0 Å². The van der Waals surface area contributed by atoms with Crippen molar-refractivity contribution in [3.05, 3.63) is 70.8 Å². The summed E-state index contributed by atoms with van der Waals surface area (Å²) in [5.74, 6) is 0.227. The average Bonchev–Trinajstić information content (AvgIpc) is 3.48. The van der Waals surface area contributed by atoms with Crippen LogP contribution in [0.1, 0.15) is 36.0 Å². The number of nitrogens with one attached hydrogen (secondary N) is 1. The lowest BCUT2D eigenvalue weighted by Crippen LogP contribution is -2.34. The summed E-state index contributed by atoms with van der Waals surface area (Å²) >= 11 is 0. The van der Waals surface area contributed by atoms with Crippen molar-refractivity contribution >= 4 is 17.3 Å². The highest BCUT2D eigenvalue weighted by molar-refractivity contribution is 6.05. The fourth-order valence-electron chi connectivity index (χ4n) is 3.92. The number of anilines is 1. The van der Waals surface area contributed by atoms with E-state index in [1.54, 1.807) is 24.4 Å². The lowest BCUT2D eigenvalue weighted by Gasteiger charge is -2.21. The fraction of sp³-hybridized carbons (Fsp3) is 0.238. The zero-order chi connectivity index (χ0) is 20.7. The molecule has 1 amide bonds. The van der Waals surface area contributed by atoms with Crippen molar-refractivity contribution in [2.45, 2.75) is 31.5 Å². The van der Waals surface area contributed by atoms with Gasteiger partial charge in [0.15, 0.2) is 11.5 Å². The van der Waals surface area contributed by atoms with Crippen LogP contribution >= 0.6 is 0 Å². The van der Waals surface area contributed by atoms with Crippen molar-refractivity contribution in [1.29, 1.82) is 0 Å². The predicted molar refractivity (Wildman–Crippen MR) is 107 cm³/mol. The molecule has 3 aromatic rings. The summed E-state index contributed by atoms with van der Waals surface area (Å²) in [4.78, 5) is 27.6. The van der Waals surface area contributed by atoms with Gasteiger partial charge in [-0.3, -0.25) is 14.9 Å². The van der Waals surface area contributed by atoms with E-state index in [9.17, 15) is 14.9 Å². The number of hydrogen-bond acceptors (Lipinski definition) is 6. The second-order valence-electron chi connectivity index (χ2n) is 7.37. The third-order valence-corrected chi connectivity index (χ3v) is 5.38. The number of benzene rings is 2. The molecular weight excluding hydrogens is 388 g/mol. The third-order valence-electron chi connectivity index (χ3n) is 5.38. The molecule has 152 valence electrons. The first-order valence-electron chi connectivity index (χ1n) is 9.63. The van der Waals surface area contributed by atoms with E-state index in [1.165, 1.54) is 35.3 Å². The highest BCUT2D eigenvalue weighted by Crippen LogP contribution is 2.47. The molecule has 1 aromatic heterocycles. The number of aromatic nitrogens is 2. The van der Waals surface area contributed by atoms with Crippen LogP contribution in [0, 0.1) is 10.1 Å². The molecule has 2 aliphatic rings. The highest BCUT2D eigenvalue weighted by Gasteiger charge is 2.44. The van der Waals surface area contributed by atoms with Crippen molar-refractivity contribution in [1.82, 2.24) is 9.55 Å². The number of nitro benzene ring substituents is 1. The Morgan fingerprint density at radius 3 is 2.67 bits per heavy atom. The standard InChI is InChI=1S/C21H18N4O5/c26-20(14-3-5-16(17(11-14)25(27)28)24-10-9-22-13-24)23-15-4-6-18-19(12-15)30-21(29-18)7-1-2-8-21/h3-6,9-13H,1-2,7-8H2,(H,23,26). The Morgan fingerprint density at radius 1 is 1.13 bits per heavy atom. The molecule has 1 N–H and O–H groups in total. The molecule has 5 rings (SSSR count). The van der Waals surface area contributed by atoms with Crippen LogP contribution < -0.4 is 14.8 Å². The molecule has 1 fully saturated rings. The Bertz CT molecular complexity index is 1140. The molecule has 1 aliphatic heterocycles. The first kappa shape index (κ1) is 18.2. The molecule has 1 saturated carbocycles. The number of carbonyl (C=O) groups excluding carboxylic acids is 1. The van der Waals surface area contributed by atoms with Gasteiger partial charge in [-0.25, -0.2) is 4.98 Å². The molecule has 2 heterocycles. The molecule has 0 unspecified atom stereocenters. The van der Waals surface area contributed by atoms with E-state index in [0.717, 1.165) is 25.7 Å². The largest absolute Gasteiger partial charge is 0.448 e. The van der Waals surface area contributed by atoms with Crippen LogP contribution in [-0.4, -0.2) is 26.2 Å². The third kappa shape index (κ3) is 3.14. The Labute approximate surface area is 171 Å². The summed E-state index contributed by atoms with van der Waals surface area (Å²) in [6.07, 6.45) is 8.40. The van der Waals surface area contributed by atoms with Crippen LogP contribution in [0.15, 0.2) is 55.1 Å². The summed E-state index contributed by atoms with van der Waals surface area (Å²) in [5, 5.41) is 14.3. The van der Waals surface area contributed by atoms with Crippen molar-refractivity contribution in [3.63, 3.8) is 0 Å². The average molecular weight is 406 g/mol. The van der Waals surface area contributed by atoms with Gasteiger partial charge in [0.2, 0.25) is 0 Å². The normalized spacial score (nSPS) is 16.0. The smallest absolute Gasteiger partial charge is 0.294 e. The first-order valence-corrected chi connectivity index (χ1v) is 9.63. The number of ether oxygens (including phenoxy) is 2. The van der Waals surface area contributed by atoms with Crippen LogP contribution in [0.4, 0.5) is 11.4 Å². The van der Waals surface area contributed by atoms with Gasteiger partial charge in [0.1, 0.15) is 5.69 Å². The Hall–Kier alpha value is -3.88. The van der Waals surface area contributed by atoms with Gasteiger partial charge in [0.05, 0.1) is 11.3 Å². The molecule has 2 aromatic carbocycles. The number of hydrogen-bond donors (Lipinski definition) is 1. The zero-order valence-corrected chi connectivity index (χ0v) is 15.9. The number of imidazole rings is 1.